The van der Waals surface area contributed by atoms with Crippen molar-refractivity contribution in [2.75, 3.05) is 35.8 Å². The number of piperazine rings is 1. The zero-order valence-corrected chi connectivity index (χ0v) is 18.2. The van der Waals surface area contributed by atoms with Gasteiger partial charge in [0.2, 0.25) is 0 Å². The minimum atomic E-state index is -3.67. The summed E-state index contributed by atoms with van der Waals surface area (Å²) in [7, 11) is -3.67. The van der Waals surface area contributed by atoms with Crippen LogP contribution in [0.2, 0.25) is 0 Å². The molecular weight excluding hydrogens is 410 g/mol. The van der Waals surface area contributed by atoms with E-state index in [1.807, 2.05) is 36.1 Å². The second-order valence-corrected chi connectivity index (χ2v) is 9.30. The van der Waals surface area contributed by atoms with Crippen LogP contribution in [0.1, 0.15) is 15.9 Å². The molecule has 0 spiro atoms. The number of carbonyl (C=O) groups excluding carboxylic acids is 1. The molecule has 0 atom stereocenters. The molecule has 1 amide bonds. The lowest BCUT2D eigenvalue weighted by Crippen LogP contribution is -2.48. The molecule has 0 aliphatic carbocycles. The van der Waals surface area contributed by atoms with Crippen LogP contribution in [0.4, 0.5) is 11.4 Å². The number of nitrogens with zero attached hydrogens (tertiary/aromatic N) is 2. The molecule has 160 valence electrons. The number of rotatable bonds is 5. The van der Waals surface area contributed by atoms with Gasteiger partial charge in [-0.25, -0.2) is 8.42 Å². The molecule has 0 saturated carbocycles. The SMILES string of the molecule is Cc1cccc(S(=O)(=O)Nc2ccc(C(=O)N3CCN(c4ccccc4)CC3)cc2)c1. The summed E-state index contributed by atoms with van der Waals surface area (Å²) >= 11 is 0. The standard InChI is InChI=1S/C24H25N3O3S/c1-19-6-5-9-23(18-19)31(29,30)25-21-12-10-20(11-13-21)24(28)27-16-14-26(15-17-27)22-7-3-2-4-8-22/h2-13,18,25H,14-17H2,1H3. The predicted octanol–water partition coefficient (Wildman–Crippen LogP) is 3.76. The molecule has 1 aliphatic heterocycles. The Morgan fingerprint density at radius 2 is 1.52 bits per heavy atom. The molecule has 1 aliphatic rings. The topological polar surface area (TPSA) is 69.7 Å². The molecule has 1 N–H and O–H groups in total. The number of amides is 1. The van der Waals surface area contributed by atoms with Gasteiger partial charge in [0.15, 0.2) is 0 Å². The van der Waals surface area contributed by atoms with Gasteiger partial charge in [-0.05, 0) is 61.0 Å². The maximum absolute atomic E-state index is 12.9. The molecule has 1 saturated heterocycles. The Balaban J connectivity index is 1.38. The smallest absolute Gasteiger partial charge is 0.261 e. The number of hydrogen-bond acceptors (Lipinski definition) is 4. The van der Waals surface area contributed by atoms with Crippen LogP contribution >= 0.6 is 0 Å². The first kappa shape index (κ1) is 20.9. The van der Waals surface area contributed by atoms with E-state index in [4.69, 9.17) is 0 Å². The maximum Gasteiger partial charge on any atom is 0.261 e. The van der Waals surface area contributed by atoms with E-state index in [0.717, 1.165) is 18.7 Å². The molecule has 4 rings (SSSR count). The minimum Gasteiger partial charge on any atom is -0.368 e. The first-order chi connectivity index (χ1) is 14.9. The quantitative estimate of drug-likeness (QED) is 0.663. The van der Waals surface area contributed by atoms with Gasteiger partial charge in [-0.3, -0.25) is 9.52 Å². The number of aryl methyl sites for hydroxylation is 1. The Morgan fingerprint density at radius 3 is 2.16 bits per heavy atom. The molecule has 31 heavy (non-hydrogen) atoms. The third-order valence-electron chi connectivity index (χ3n) is 5.37. The summed E-state index contributed by atoms with van der Waals surface area (Å²) in [5.41, 5.74) is 3.01. The highest BCUT2D eigenvalue weighted by Gasteiger charge is 2.22. The average Bonchev–Trinajstić information content (AvgIpc) is 2.80. The molecule has 3 aromatic rings. The van der Waals surface area contributed by atoms with Gasteiger partial charge in [0.25, 0.3) is 15.9 Å². The van der Waals surface area contributed by atoms with Gasteiger partial charge in [-0.1, -0.05) is 30.3 Å². The first-order valence-corrected chi connectivity index (χ1v) is 11.7. The Kier molecular flexibility index (Phi) is 5.95. The Morgan fingerprint density at radius 1 is 0.839 bits per heavy atom. The van der Waals surface area contributed by atoms with Crippen LogP contribution in [0.15, 0.2) is 83.8 Å². The van der Waals surface area contributed by atoms with Crippen molar-refractivity contribution >= 4 is 27.3 Å². The highest BCUT2D eigenvalue weighted by molar-refractivity contribution is 7.92. The number of para-hydroxylation sites is 1. The van der Waals surface area contributed by atoms with Gasteiger partial charge in [0.1, 0.15) is 0 Å². The van der Waals surface area contributed by atoms with E-state index in [-0.39, 0.29) is 10.8 Å². The number of hydrogen-bond donors (Lipinski definition) is 1. The largest absolute Gasteiger partial charge is 0.368 e. The van der Waals surface area contributed by atoms with Crippen molar-refractivity contribution in [3.05, 3.63) is 90.0 Å². The van der Waals surface area contributed by atoms with Gasteiger partial charge < -0.3 is 9.80 Å². The lowest BCUT2D eigenvalue weighted by Gasteiger charge is -2.36. The molecular formula is C24H25N3O3S. The van der Waals surface area contributed by atoms with Crippen LogP contribution < -0.4 is 9.62 Å². The molecule has 0 aromatic heterocycles. The van der Waals surface area contributed by atoms with E-state index in [1.54, 1.807) is 42.5 Å². The van der Waals surface area contributed by atoms with Crippen LogP contribution in [0, 0.1) is 6.92 Å². The van der Waals surface area contributed by atoms with Crippen molar-refractivity contribution in [1.29, 1.82) is 0 Å². The Labute approximate surface area is 183 Å². The van der Waals surface area contributed by atoms with Crippen molar-refractivity contribution < 1.29 is 13.2 Å². The fourth-order valence-electron chi connectivity index (χ4n) is 3.67. The van der Waals surface area contributed by atoms with E-state index in [1.165, 1.54) is 5.69 Å². The molecule has 3 aromatic carbocycles. The summed E-state index contributed by atoms with van der Waals surface area (Å²) in [5, 5.41) is 0. The zero-order chi connectivity index (χ0) is 21.8. The number of anilines is 2. The first-order valence-electron chi connectivity index (χ1n) is 10.2. The second-order valence-electron chi connectivity index (χ2n) is 7.61. The highest BCUT2D eigenvalue weighted by atomic mass is 32.2. The van der Waals surface area contributed by atoms with Crippen molar-refractivity contribution in [3.8, 4) is 0 Å². The minimum absolute atomic E-state index is 0.0409. The van der Waals surface area contributed by atoms with Crippen LogP contribution in [0.25, 0.3) is 0 Å². The third kappa shape index (κ3) is 4.88. The van der Waals surface area contributed by atoms with Gasteiger partial charge >= 0.3 is 0 Å². The fraction of sp³-hybridized carbons (Fsp3) is 0.208. The van der Waals surface area contributed by atoms with Crippen LogP contribution in [-0.2, 0) is 10.0 Å². The number of carbonyl (C=O) groups is 1. The van der Waals surface area contributed by atoms with Gasteiger partial charge in [0, 0.05) is 43.1 Å². The number of sulfonamides is 1. The molecule has 1 heterocycles. The van der Waals surface area contributed by atoms with E-state index in [9.17, 15) is 13.2 Å². The Hall–Kier alpha value is -3.32. The average molecular weight is 436 g/mol. The maximum atomic E-state index is 12.9. The summed E-state index contributed by atoms with van der Waals surface area (Å²) in [5.74, 6) is -0.0409. The summed E-state index contributed by atoms with van der Waals surface area (Å²) in [6.45, 7) is 4.71. The molecule has 0 unspecified atom stereocenters. The van der Waals surface area contributed by atoms with Gasteiger partial charge in [-0.2, -0.15) is 0 Å². The summed E-state index contributed by atoms with van der Waals surface area (Å²) in [6.07, 6.45) is 0. The van der Waals surface area contributed by atoms with E-state index in [0.29, 0.717) is 24.3 Å². The lowest BCUT2D eigenvalue weighted by molar-refractivity contribution is 0.0747. The van der Waals surface area contributed by atoms with E-state index < -0.39 is 10.0 Å². The second kappa shape index (κ2) is 8.81. The van der Waals surface area contributed by atoms with Crippen molar-refractivity contribution in [2.45, 2.75) is 11.8 Å². The fourth-order valence-corrected chi connectivity index (χ4v) is 4.83. The number of benzene rings is 3. The van der Waals surface area contributed by atoms with Crippen molar-refractivity contribution in [3.63, 3.8) is 0 Å². The third-order valence-corrected chi connectivity index (χ3v) is 6.75. The Bertz CT molecular complexity index is 1150. The van der Waals surface area contributed by atoms with Gasteiger partial charge in [0.05, 0.1) is 4.90 Å². The molecule has 0 radical (unpaired) electrons. The van der Waals surface area contributed by atoms with Crippen LogP contribution in [-0.4, -0.2) is 45.4 Å². The van der Waals surface area contributed by atoms with Crippen LogP contribution in [0.5, 0.6) is 0 Å². The van der Waals surface area contributed by atoms with E-state index in [2.05, 4.69) is 21.8 Å². The molecule has 6 nitrogen and oxygen atoms in total. The summed E-state index contributed by atoms with van der Waals surface area (Å²) < 4.78 is 27.7. The van der Waals surface area contributed by atoms with Gasteiger partial charge in [-0.15, -0.1) is 0 Å². The van der Waals surface area contributed by atoms with Crippen molar-refractivity contribution in [2.24, 2.45) is 0 Å². The normalized spacial score (nSPS) is 14.4. The lowest BCUT2D eigenvalue weighted by atomic mass is 10.1. The van der Waals surface area contributed by atoms with Crippen LogP contribution in [0.3, 0.4) is 0 Å². The monoisotopic (exact) mass is 435 g/mol. The zero-order valence-electron chi connectivity index (χ0n) is 17.4. The predicted molar refractivity (Wildman–Crippen MR) is 123 cm³/mol. The van der Waals surface area contributed by atoms with Crippen molar-refractivity contribution in [1.82, 2.24) is 4.90 Å². The summed E-state index contributed by atoms with van der Waals surface area (Å²) in [4.78, 5) is 17.2. The number of nitrogens with one attached hydrogen (secondary N) is 1. The highest BCUT2D eigenvalue weighted by Crippen LogP contribution is 2.20. The molecule has 0 bridgehead atoms. The van der Waals surface area contributed by atoms with E-state index >= 15 is 0 Å². The molecule has 1 fully saturated rings. The molecule has 7 heteroatoms. The summed E-state index contributed by atoms with van der Waals surface area (Å²) in [6, 6.07) is 23.5.